The van der Waals surface area contributed by atoms with E-state index in [-0.39, 0.29) is 24.1 Å². The van der Waals surface area contributed by atoms with Crippen LogP contribution in [0.4, 0.5) is 14.9 Å². The van der Waals surface area contributed by atoms with Gasteiger partial charge >= 0.3 is 6.03 Å². The van der Waals surface area contributed by atoms with Gasteiger partial charge in [0.2, 0.25) is 0 Å². The summed E-state index contributed by atoms with van der Waals surface area (Å²) >= 11 is 0. The van der Waals surface area contributed by atoms with E-state index in [1.165, 1.54) is 17.1 Å². The molecule has 11 heteroatoms. The summed E-state index contributed by atoms with van der Waals surface area (Å²) in [5.74, 6) is -0.893. The van der Waals surface area contributed by atoms with Crippen LogP contribution < -0.4 is 5.32 Å². The lowest BCUT2D eigenvalue weighted by Crippen LogP contribution is -2.47. The molecule has 10 nitrogen and oxygen atoms in total. The Morgan fingerprint density at radius 2 is 2.18 bits per heavy atom. The number of nitrogens with zero attached hydrogens (tertiary/aromatic N) is 6. The number of aliphatic hydroxyl groups excluding tert-OH is 1. The minimum atomic E-state index is -0.652. The molecule has 2 atom stereocenters. The van der Waals surface area contributed by atoms with Crippen LogP contribution in [0, 0.1) is 17.1 Å². The number of aliphatic hydroxyl groups is 1. The van der Waals surface area contributed by atoms with Crippen molar-refractivity contribution in [1.82, 2.24) is 24.7 Å². The molecule has 3 heterocycles. The van der Waals surface area contributed by atoms with E-state index in [0.29, 0.717) is 43.0 Å². The van der Waals surface area contributed by atoms with E-state index in [4.69, 9.17) is 5.26 Å². The third-order valence-electron chi connectivity index (χ3n) is 6.05. The minimum Gasteiger partial charge on any atom is -0.392 e. The van der Waals surface area contributed by atoms with Crippen molar-refractivity contribution in [3.8, 4) is 6.07 Å². The number of urea groups is 1. The van der Waals surface area contributed by atoms with Crippen LogP contribution in [0.2, 0.25) is 0 Å². The zero-order valence-corrected chi connectivity index (χ0v) is 18.7. The predicted molar refractivity (Wildman–Crippen MR) is 116 cm³/mol. The molecule has 2 aliphatic heterocycles. The molecule has 0 bridgehead atoms. The highest BCUT2D eigenvalue weighted by molar-refractivity contribution is 5.95. The van der Waals surface area contributed by atoms with E-state index >= 15 is 0 Å². The number of rotatable bonds is 3. The third-order valence-corrected chi connectivity index (χ3v) is 6.05. The van der Waals surface area contributed by atoms with Crippen molar-refractivity contribution in [3.05, 3.63) is 46.5 Å². The first-order valence-electron chi connectivity index (χ1n) is 10.8. The lowest BCUT2D eigenvalue weighted by atomic mass is 9.99. The summed E-state index contributed by atoms with van der Waals surface area (Å²) < 4.78 is 15.3. The van der Waals surface area contributed by atoms with Gasteiger partial charge in [0, 0.05) is 43.9 Å². The highest BCUT2D eigenvalue weighted by Crippen LogP contribution is 2.29. The third kappa shape index (κ3) is 4.27. The monoisotopic (exact) mass is 455 g/mol. The summed E-state index contributed by atoms with van der Waals surface area (Å²) in [6.07, 6.45) is -0.100. The molecule has 0 spiro atoms. The van der Waals surface area contributed by atoms with E-state index in [9.17, 15) is 19.1 Å². The second-order valence-electron chi connectivity index (χ2n) is 8.51. The summed E-state index contributed by atoms with van der Waals surface area (Å²) in [4.78, 5) is 27.9. The number of hydrazine groups is 1. The van der Waals surface area contributed by atoms with Gasteiger partial charge < -0.3 is 15.3 Å². The molecular formula is C22H26FN7O3. The van der Waals surface area contributed by atoms with Gasteiger partial charge in [-0.1, -0.05) is 0 Å². The number of nitriles is 1. The zero-order chi connectivity index (χ0) is 23.9. The first-order valence-corrected chi connectivity index (χ1v) is 10.8. The number of aromatic nitrogens is 2. The van der Waals surface area contributed by atoms with Crippen molar-refractivity contribution in [2.45, 2.75) is 45.5 Å². The zero-order valence-electron chi connectivity index (χ0n) is 18.7. The van der Waals surface area contributed by atoms with Crippen LogP contribution in [-0.4, -0.2) is 74.0 Å². The van der Waals surface area contributed by atoms with Crippen molar-refractivity contribution in [3.63, 3.8) is 0 Å². The Bertz CT molecular complexity index is 1140. The van der Waals surface area contributed by atoms with E-state index in [2.05, 4.69) is 10.4 Å². The van der Waals surface area contributed by atoms with Crippen LogP contribution in [0.15, 0.2) is 18.2 Å². The van der Waals surface area contributed by atoms with Crippen LogP contribution in [0.25, 0.3) is 0 Å². The summed E-state index contributed by atoms with van der Waals surface area (Å²) in [7, 11) is 1.66. The molecule has 33 heavy (non-hydrogen) atoms. The van der Waals surface area contributed by atoms with Crippen molar-refractivity contribution in [2.75, 3.05) is 25.5 Å². The topological polar surface area (TPSA) is 118 Å². The van der Waals surface area contributed by atoms with Gasteiger partial charge in [0.1, 0.15) is 17.6 Å². The number of β-amino-alcohol motifs (C(OH)–C–C–N with tert-alkyl or cyclic N) is 1. The molecule has 2 N–H and O–H groups in total. The maximum atomic E-state index is 13.6. The van der Waals surface area contributed by atoms with Crippen molar-refractivity contribution < 1.29 is 19.1 Å². The minimum absolute atomic E-state index is 0.154. The standard InChI is InChI=1S/C22H26FN7O3/c1-13-8-19-17(12-29(13)22(33)25-16-4-5-18(23)15(9-16)10-24)20-21(32)27(3)28(11-14(2)31)6-7-30(20)26-19/h4-5,9,13-14,31H,6-8,11-12H2,1-3H3,(H,25,33). The summed E-state index contributed by atoms with van der Waals surface area (Å²) in [5, 5.41) is 29.4. The van der Waals surface area contributed by atoms with Crippen LogP contribution in [0.5, 0.6) is 0 Å². The van der Waals surface area contributed by atoms with E-state index in [1.807, 2.05) is 6.92 Å². The Balaban J connectivity index is 1.58. The number of benzene rings is 1. The number of amides is 3. The molecule has 0 aliphatic carbocycles. The van der Waals surface area contributed by atoms with E-state index in [0.717, 1.165) is 11.8 Å². The molecule has 1 aromatic carbocycles. The number of fused-ring (bicyclic) bond motifs is 3. The van der Waals surface area contributed by atoms with E-state index in [1.54, 1.807) is 34.6 Å². The SMILES string of the molecule is CC(O)CN1CCn2nc3c(c2C(=O)N1C)CN(C(=O)Nc1ccc(F)c(C#N)c1)C(C)C3. The fourth-order valence-electron chi connectivity index (χ4n) is 4.31. The maximum absolute atomic E-state index is 13.6. The number of hydrogen-bond acceptors (Lipinski definition) is 6. The molecular weight excluding hydrogens is 429 g/mol. The first kappa shape index (κ1) is 22.7. The quantitative estimate of drug-likeness (QED) is 0.725. The van der Waals surface area contributed by atoms with Gasteiger partial charge in [-0.15, -0.1) is 0 Å². The van der Waals surface area contributed by atoms with E-state index < -0.39 is 18.0 Å². The number of hydrogen-bond donors (Lipinski definition) is 2. The molecule has 0 radical (unpaired) electrons. The molecule has 2 aliphatic rings. The number of halogens is 1. The summed E-state index contributed by atoms with van der Waals surface area (Å²) in [6.45, 7) is 5.09. The Morgan fingerprint density at radius 3 is 2.88 bits per heavy atom. The Labute approximate surface area is 190 Å². The largest absolute Gasteiger partial charge is 0.392 e. The Kier molecular flexibility index (Phi) is 6.05. The Morgan fingerprint density at radius 1 is 1.42 bits per heavy atom. The van der Waals surface area contributed by atoms with Crippen molar-refractivity contribution in [2.24, 2.45) is 0 Å². The first-order chi connectivity index (χ1) is 15.7. The lowest BCUT2D eigenvalue weighted by molar-refractivity contribution is -0.0143. The molecule has 0 saturated heterocycles. The van der Waals surface area contributed by atoms with Gasteiger partial charge in [-0.2, -0.15) is 10.4 Å². The van der Waals surface area contributed by atoms with Gasteiger partial charge in [0.25, 0.3) is 5.91 Å². The molecule has 4 rings (SSSR count). The second kappa shape index (κ2) is 8.80. The lowest BCUT2D eigenvalue weighted by Gasteiger charge is -2.34. The van der Waals surface area contributed by atoms with Gasteiger partial charge in [-0.3, -0.25) is 14.5 Å². The highest BCUT2D eigenvalue weighted by Gasteiger charge is 2.37. The molecule has 0 saturated carbocycles. The number of carbonyl (C=O) groups is 2. The fourth-order valence-corrected chi connectivity index (χ4v) is 4.31. The van der Waals surface area contributed by atoms with Crippen LogP contribution >= 0.6 is 0 Å². The van der Waals surface area contributed by atoms with Crippen molar-refractivity contribution >= 4 is 17.6 Å². The van der Waals surface area contributed by atoms with Crippen LogP contribution in [0.3, 0.4) is 0 Å². The van der Waals surface area contributed by atoms with Crippen molar-refractivity contribution in [1.29, 1.82) is 5.26 Å². The number of nitrogens with one attached hydrogen (secondary N) is 1. The van der Waals surface area contributed by atoms with Gasteiger partial charge in [-0.05, 0) is 32.0 Å². The molecule has 2 aromatic rings. The van der Waals surface area contributed by atoms with Gasteiger partial charge in [0.05, 0.1) is 30.5 Å². The highest BCUT2D eigenvalue weighted by atomic mass is 19.1. The second-order valence-corrected chi connectivity index (χ2v) is 8.51. The predicted octanol–water partition coefficient (Wildman–Crippen LogP) is 1.56. The average Bonchev–Trinajstić information content (AvgIpc) is 3.07. The molecule has 2 unspecified atom stereocenters. The Hall–Kier alpha value is -3.49. The number of carbonyl (C=O) groups excluding carboxylic acids is 2. The summed E-state index contributed by atoms with van der Waals surface area (Å²) in [6, 6.07) is 5.00. The fraction of sp³-hybridized carbons (Fsp3) is 0.455. The smallest absolute Gasteiger partial charge is 0.322 e. The average molecular weight is 455 g/mol. The van der Waals surface area contributed by atoms with Crippen LogP contribution in [-0.2, 0) is 19.5 Å². The summed E-state index contributed by atoms with van der Waals surface area (Å²) in [5.41, 5.74) is 2.10. The molecule has 174 valence electrons. The number of anilines is 1. The van der Waals surface area contributed by atoms with Gasteiger partial charge in [-0.25, -0.2) is 14.2 Å². The van der Waals surface area contributed by atoms with Crippen LogP contribution in [0.1, 0.15) is 41.2 Å². The van der Waals surface area contributed by atoms with Gasteiger partial charge in [0.15, 0.2) is 0 Å². The normalized spacial score (nSPS) is 19.4. The maximum Gasteiger partial charge on any atom is 0.322 e. The molecule has 0 fully saturated rings. The molecule has 1 aromatic heterocycles. The molecule has 3 amide bonds.